The average molecular weight is 269 g/mol. The van der Waals surface area contributed by atoms with Crippen LogP contribution in [0.4, 0.5) is 0 Å². The molecule has 0 aromatic heterocycles. The highest BCUT2D eigenvalue weighted by molar-refractivity contribution is 5.39. The van der Waals surface area contributed by atoms with Crippen molar-refractivity contribution in [2.24, 2.45) is 5.73 Å². The largest absolute Gasteiger partial charge is 0.489 e. The maximum atomic E-state index is 6.02. The van der Waals surface area contributed by atoms with E-state index in [0.717, 1.165) is 11.3 Å². The van der Waals surface area contributed by atoms with Crippen LogP contribution in [0, 0.1) is 20.8 Å². The van der Waals surface area contributed by atoms with E-state index in [0.29, 0.717) is 6.61 Å². The third kappa shape index (κ3) is 3.40. The van der Waals surface area contributed by atoms with Gasteiger partial charge in [-0.3, -0.25) is 0 Å². The average Bonchev–Trinajstić information content (AvgIpc) is 2.41. The Morgan fingerprint density at radius 1 is 1.00 bits per heavy atom. The van der Waals surface area contributed by atoms with E-state index < -0.39 is 0 Å². The lowest BCUT2D eigenvalue weighted by molar-refractivity contribution is 0.301. The number of aryl methyl sites for hydroxylation is 3. The van der Waals surface area contributed by atoms with Crippen LogP contribution >= 0.6 is 0 Å². The lowest BCUT2D eigenvalue weighted by atomic mass is 10.0. The predicted octanol–water partition coefficient (Wildman–Crippen LogP) is 4.21. The summed E-state index contributed by atoms with van der Waals surface area (Å²) in [5, 5.41) is 0. The molecule has 0 aliphatic carbocycles. The fraction of sp³-hybridized carbons (Fsp3) is 0.333. The minimum absolute atomic E-state index is 0.0235. The lowest BCUT2D eigenvalue weighted by Gasteiger charge is -2.15. The Hall–Kier alpha value is -1.80. The Labute approximate surface area is 121 Å². The van der Waals surface area contributed by atoms with Gasteiger partial charge in [-0.1, -0.05) is 35.9 Å². The van der Waals surface area contributed by atoms with E-state index >= 15 is 0 Å². The fourth-order valence-corrected chi connectivity index (χ4v) is 2.21. The number of nitrogens with two attached hydrogens (primary N) is 1. The summed E-state index contributed by atoms with van der Waals surface area (Å²) < 4.78 is 5.95. The SMILES string of the molecule is Cc1ccc(OCc2ccc(C)c(C)c2)c([C@@H](C)N)c1. The summed E-state index contributed by atoms with van der Waals surface area (Å²) in [5.74, 6) is 0.879. The smallest absolute Gasteiger partial charge is 0.124 e. The number of benzene rings is 2. The molecule has 0 aliphatic heterocycles. The van der Waals surface area contributed by atoms with Crippen molar-refractivity contribution in [1.29, 1.82) is 0 Å². The summed E-state index contributed by atoms with van der Waals surface area (Å²) in [7, 11) is 0. The van der Waals surface area contributed by atoms with E-state index in [1.807, 2.05) is 13.0 Å². The first-order valence-corrected chi connectivity index (χ1v) is 7.02. The molecule has 2 aromatic carbocycles. The van der Waals surface area contributed by atoms with E-state index in [-0.39, 0.29) is 6.04 Å². The zero-order valence-corrected chi connectivity index (χ0v) is 12.7. The van der Waals surface area contributed by atoms with Crippen molar-refractivity contribution in [3.63, 3.8) is 0 Å². The molecule has 0 saturated carbocycles. The molecule has 1 atom stereocenters. The maximum absolute atomic E-state index is 6.02. The molecule has 0 heterocycles. The second kappa shape index (κ2) is 6.10. The fourth-order valence-electron chi connectivity index (χ4n) is 2.21. The molecule has 20 heavy (non-hydrogen) atoms. The first-order valence-electron chi connectivity index (χ1n) is 7.02. The van der Waals surface area contributed by atoms with Gasteiger partial charge in [-0.05, 0) is 50.5 Å². The molecule has 0 amide bonds. The van der Waals surface area contributed by atoms with E-state index in [4.69, 9.17) is 10.5 Å². The molecule has 2 rings (SSSR count). The van der Waals surface area contributed by atoms with Crippen LogP contribution in [0.3, 0.4) is 0 Å². The quantitative estimate of drug-likeness (QED) is 0.902. The Bertz CT molecular complexity index is 602. The van der Waals surface area contributed by atoms with Crippen molar-refractivity contribution in [2.45, 2.75) is 40.3 Å². The van der Waals surface area contributed by atoms with Gasteiger partial charge >= 0.3 is 0 Å². The molecule has 2 heteroatoms. The molecule has 2 N–H and O–H groups in total. The molecule has 0 saturated heterocycles. The highest BCUT2D eigenvalue weighted by Crippen LogP contribution is 2.26. The second-order valence-corrected chi connectivity index (χ2v) is 5.54. The monoisotopic (exact) mass is 269 g/mol. The summed E-state index contributed by atoms with van der Waals surface area (Å²) in [6, 6.07) is 12.6. The van der Waals surface area contributed by atoms with Gasteiger partial charge in [0.05, 0.1) is 0 Å². The van der Waals surface area contributed by atoms with Crippen LogP contribution in [0.2, 0.25) is 0 Å². The molecule has 106 valence electrons. The molecule has 0 unspecified atom stereocenters. The van der Waals surface area contributed by atoms with E-state index in [1.165, 1.54) is 22.3 Å². The van der Waals surface area contributed by atoms with Gasteiger partial charge in [0.2, 0.25) is 0 Å². The van der Waals surface area contributed by atoms with Gasteiger partial charge in [0, 0.05) is 11.6 Å². The molecular weight excluding hydrogens is 246 g/mol. The molecular formula is C18H23NO. The van der Waals surface area contributed by atoms with Crippen LogP contribution in [0.1, 0.15) is 40.8 Å². The highest BCUT2D eigenvalue weighted by atomic mass is 16.5. The van der Waals surface area contributed by atoms with Gasteiger partial charge in [0.15, 0.2) is 0 Å². The summed E-state index contributed by atoms with van der Waals surface area (Å²) >= 11 is 0. The molecule has 0 aliphatic rings. The summed E-state index contributed by atoms with van der Waals surface area (Å²) in [5.41, 5.74) is 12.1. The molecule has 0 bridgehead atoms. The summed E-state index contributed by atoms with van der Waals surface area (Å²) in [6.07, 6.45) is 0. The van der Waals surface area contributed by atoms with Crippen LogP contribution < -0.4 is 10.5 Å². The van der Waals surface area contributed by atoms with Crippen LogP contribution in [0.5, 0.6) is 5.75 Å². The van der Waals surface area contributed by atoms with Crippen molar-refractivity contribution in [3.8, 4) is 5.75 Å². The lowest BCUT2D eigenvalue weighted by Crippen LogP contribution is -2.08. The van der Waals surface area contributed by atoms with Crippen LogP contribution in [0.25, 0.3) is 0 Å². The minimum Gasteiger partial charge on any atom is -0.489 e. The summed E-state index contributed by atoms with van der Waals surface area (Å²) in [4.78, 5) is 0. The first-order chi connectivity index (χ1) is 9.47. The van der Waals surface area contributed by atoms with Gasteiger partial charge in [-0.2, -0.15) is 0 Å². The number of ether oxygens (including phenoxy) is 1. The minimum atomic E-state index is -0.0235. The first kappa shape index (κ1) is 14.6. The van der Waals surface area contributed by atoms with Gasteiger partial charge in [0.25, 0.3) is 0 Å². The Kier molecular flexibility index (Phi) is 4.46. The number of hydrogen-bond acceptors (Lipinski definition) is 2. The van der Waals surface area contributed by atoms with Crippen molar-refractivity contribution >= 4 is 0 Å². The van der Waals surface area contributed by atoms with Gasteiger partial charge in [-0.15, -0.1) is 0 Å². The van der Waals surface area contributed by atoms with Crippen molar-refractivity contribution in [3.05, 3.63) is 64.2 Å². The third-order valence-electron chi connectivity index (χ3n) is 3.62. The van der Waals surface area contributed by atoms with E-state index in [9.17, 15) is 0 Å². The van der Waals surface area contributed by atoms with Crippen LogP contribution in [-0.4, -0.2) is 0 Å². The Morgan fingerprint density at radius 3 is 2.40 bits per heavy atom. The molecule has 2 aromatic rings. The highest BCUT2D eigenvalue weighted by Gasteiger charge is 2.08. The zero-order valence-electron chi connectivity index (χ0n) is 12.7. The number of hydrogen-bond donors (Lipinski definition) is 1. The summed E-state index contributed by atoms with van der Waals surface area (Å²) in [6.45, 7) is 8.87. The van der Waals surface area contributed by atoms with Crippen LogP contribution in [-0.2, 0) is 6.61 Å². The van der Waals surface area contributed by atoms with Gasteiger partial charge in [0.1, 0.15) is 12.4 Å². The van der Waals surface area contributed by atoms with Gasteiger partial charge < -0.3 is 10.5 Å². The molecule has 0 radical (unpaired) electrons. The third-order valence-corrected chi connectivity index (χ3v) is 3.62. The Balaban J connectivity index is 2.16. The molecule has 0 spiro atoms. The second-order valence-electron chi connectivity index (χ2n) is 5.54. The van der Waals surface area contributed by atoms with Gasteiger partial charge in [-0.25, -0.2) is 0 Å². The number of rotatable bonds is 4. The van der Waals surface area contributed by atoms with Crippen LogP contribution in [0.15, 0.2) is 36.4 Å². The van der Waals surface area contributed by atoms with E-state index in [2.05, 4.69) is 51.1 Å². The van der Waals surface area contributed by atoms with Crippen molar-refractivity contribution in [2.75, 3.05) is 0 Å². The zero-order chi connectivity index (χ0) is 14.7. The predicted molar refractivity (Wildman–Crippen MR) is 84.0 cm³/mol. The molecule has 0 fully saturated rings. The normalized spacial score (nSPS) is 12.2. The van der Waals surface area contributed by atoms with Crippen molar-refractivity contribution < 1.29 is 4.74 Å². The Morgan fingerprint density at radius 2 is 1.75 bits per heavy atom. The standard InChI is InChI=1S/C18H23NO/c1-12-5-8-18(17(9-12)15(4)19)20-11-16-7-6-13(2)14(3)10-16/h5-10,15H,11,19H2,1-4H3/t15-/m1/s1. The maximum Gasteiger partial charge on any atom is 0.124 e. The van der Waals surface area contributed by atoms with E-state index in [1.54, 1.807) is 0 Å². The topological polar surface area (TPSA) is 35.2 Å². The van der Waals surface area contributed by atoms with Crippen molar-refractivity contribution in [1.82, 2.24) is 0 Å². The molecule has 2 nitrogen and oxygen atoms in total.